The van der Waals surface area contributed by atoms with Gasteiger partial charge in [0.2, 0.25) is 0 Å². The van der Waals surface area contributed by atoms with Crippen molar-refractivity contribution in [3.05, 3.63) is 47.2 Å². The van der Waals surface area contributed by atoms with Gasteiger partial charge in [0.25, 0.3) is 0 Å². The van der Waals surface area contributed by atoms with Crippen LogP contribution in [0.2, 0.25) is 0 Å². The first-order valence-electron chi connectivity index (χ1n) is 6.31. The fraction of sp³-hybridized carbons (Fsp3) is 0.333. The second-order valence-corrected chi connectivity index (χ2v) is 5.60. The van der Waals surface area contributed by atoms with Crippen molar-refractivity contribution < 1.29 is 4.74 Å². The van der Waals surface area contributed by atoms with Crippen molar-refractivity contribution in [2.24, 2.45) is 0 Å². The van der Waals surface area contributed by atoms with E-state index in [9.17, 15) is 0 Å². The fourth-order valence-electron chi connectivity index (χ4n) is 2.43. The standard InChI is InChI=1S/C15H17NOS/c1-17-13-7-5-11(6-8-13)10-18-15-14-4-2-3-12(14)9-16-15/h5-9,16H,2-4,10H2,1H3. The molecule has 1 N–H and O–H groups in total. The Morgan fingerprint density at radius 3 is 2.83 bits per heavy atom. The number of ether oxygens (including phenoxy) is 1. The molecule has 18 heavy (non-hydrogen) atoms. The zero-order valence-electron chi connectivity index (χ0n) is 10.5. The molecule has 0 radical (unpaired) electrons. The molecule has 0 spiro atoms. The lowest BCUT2D eigenvalue weighted by atomic mass is 10.2. The Labute approximate surface area is 112 Å². The summed E-state index contributed by atoms with van der Waals surface area (Å²) in [6.07, 6.45) is 5.98. The number of benzene rings is 1. The number of hydrogen-bond acceptors (Lipinski definition) is 2. The van der Waals surface area contributed by atoms with Gasteiger partial charge >= 0.3 is 0 Å². The Bertz CT molecular complexity index is 530. The van der Waals surface area contributed by atoms with Crippen LogP contribution in [-0.4, -0.2) is 12.1 Å². The minimum absolute atomic E-state index is 0.921. The van der Waals surface area contributed by atoms with E-state index >= 15 is 0 Å². The summed E-state index contributed by atoms with van der Waals surface area (Å²) < 4.78 is 5.17. The lowest BCUT2D eigenvalue weighted by Gasteiger charge is -2.04. The van der Waals surface area contributed by atoms with Crippen LogP contribution in [0.25, 0.3) is 0 Å². The summed E-state index contributed by atoms with van der Waals surface area (Å²) in [6.45, 7) is 0. The van der Waals surface area contributed by atoms with Crippen molar-refractivity contribution in [3.63, 3.8) is 0 Å². The van der Waals surface area contributed by atoms with Crippen molar-refractivity contribution in [1.29, 1.82) is 0 Å². The van der Waals surface area contributed by atoms with E-state index in [0.29, 0.717) is 0 Å². The molecule has 3 heteroatoms. The number of rotatable bonds is 4. The Morgan fingerprint density at radius 2 is 2.06 bits per heavy atom. The van der Waals surface area contributed by atoms with Gasteiger partial charge in [-0.25, -0.2) is 0 Å². The minimum atomic E-state index is 0.921. The van der Waals surface area contributed by atoms with E-state index in [2.05, 4.69) is 23.3 Å². The maximum Gasteiger partial charge on any atom is 0.118 e. The zero-order chi connectivity index (χ0) is 12.4. The van der Waals surface area contributed by atoms with Gasteiger partial charge in [0, 0.05) is 11.9 Å². The highest BCUT2D eigenvalue weighted by molar-refractivity contribution is 7.98. The van der Waals surface area contributed by atoms with E-state index < -0.39 is 0 Å². The molecule has 1 heterocycles. The molecule has 0 saturated carbocycles. The molecule has 1 aromatic carbocycles. The van der Waals surface area contributed by atoms with E-state index in [-0.39, 0.29) is 0 Å². The highest BCUT2D eigenvalue weighted by Gasteiger charge is 2.16. The van der Waals surface area contributed by atoms with Crippen LogP contribution in [0.15, 0.2) is 35.5 Å². The van der Waals surface area contributed by atoms with Crippen LogP contribution in [0.1, 0.15) is 23.1 Å². The molecular formula is C15H17NOS. The van der Waals surface area contributed by atoms with Crippen molar-refractivity contribution in [1.82, 2.24) is 4.98 Å². The number of hydrogen-bond donors (Lipinski definition) is 1. The number of fused-ring (bicyclic) bond motifs is 1. The molecule has 0 amide bonds. The molecule has 94 valence electrons. The summed E-state index contributed by atoms with van der Waals surface area (Å²) in [7, 11) is 1.70. The summed E-state index contributed by atoms with van der Waals surface area (Å²) in [5, 5.41) is 1.36. The smallest absolute Gasteiger partial charge is 0.118 e. The van der Waals surface area contributed by atoms with Gasteiger partial charge in [0.1, 0.15) is 5.75 Å². The minimum Gasteiger partial charge on any atom is -0.497 e. The van der Waals surface area contributed by atoms with Crippen LogP contribution < -0.4 is 4.74 Å². The van der Waals surface area contributed by atoms with Crippen LogP contribution >= 0.6 is 11.8 Å². The van der Waals surface area contributed by atoms with Gasteiger partial charge in [0.15, 0.2) is 0 Å². The molecule has 2 aromatic rings. The van der Waals surface area contributed by atoms with E-state index in [1.807, 2.05) is 23.9 Å². The average molecular weight is 259 g/mol. The van der Waals surface area contributed by atoms with Gasteiger partial charge in [-0.15, -0.1) is 11.8 Å². The summed E-state index contributed by atoms with van der Waals surface area (Å²) >= 11 is 1.90. The lowest BCUT2D eigenvalue weighted by Crippen LogP contribution is -1.86. The lowest BCUT2D eigenvalue weighted by molar-refractivity contribution is 0.414. The summed E-state index contributed by atoms with van der Waals surface area (Å²) in [5.41, 5.74) is 4.41. The van der Waals surface area contributed by atoms with Crippen LogP contribution in [0, 0.1) is 0 Å². The number of H-pyrrole nitrogens is 1. The van der Waals surface area contributed by atoms with Gasteiger partial charge in [0.05, 0.1) is 12.1 Å². The van der Waals surface area contributed by atoms with E-state index in [4.69, 9.17) is 4.74 Å². The summed E-state index contributed by atoms with van der Waals surface area (Å²) in [5.74, 6) is 1.93. The van der Waals surface area contributed by atoms with Crippen molar-refractivity contribution in [2.75, 3.05) is 7.11 Å². The van der Waals surface area contributed by atoms with E-state index in [1.54, 1.807) is 12.7 Å². The molecule has 0 bridgehead atoms. The average Bonchev–Trinajstić information content (AvgIpc) is 3.00. The Kier molecular flexibility index (Phi) is 3.33. The first-order valence-corrected chi connectivity index (χ1v) is 7.30. The van der Waals surface area contributed by atoms with Gasteiger partial charge in [-0.1, -0.05) is 12.1 Å². The number of aromatic amines is 1. The zero-order valence-corrected chi connectivity index (χ0v) is 11.3. The molecule has 1 aromatic heterocycles. The second kappa shape index (κ2) is 5.11. The van der Waals surface area contributed by atoms with E-state index in [0.717, 1.165) is 11.5 Å². The van der Waals surface area contributed by atoms with Gasteiger partial charge < -0.3 is 9.72 Å². The predicted molar refractivity (Wildman–Crippen MR) is 75.4 cm³/mol. The molecule has 0 atom stereocenters. The largest absolute Gasteiger partial charge is 0.497 e. The fourth-order valence-corrected chi connectivity index (χ4v) is 3.48. The highest BCUT2D eigenvalue weighted by Crippen LogP contribution is 2.33. The Morgan fingerprint density at radius 1 is 1.22 bits per heavy atom. The number of aromatic nitrogens is 1. The quantitative estimate of drug-likeness (QED) is 0.845. The number of aryl methyl sites for hydroxylation is 1. The first kappa shape index (κ1) is 11.7. The summed E-state index contributed by atoms with van der Waals surface area (Å²) in [4.78, 5) is 3.41. The number of methoxy groups -OCH3 is 1. The predicted octanol–water partition coefficient (Wildman–Crippen LogP) is 3.80. The molecule has 3 rings (SSSR count). The monoisotopic (exact) mass is 259 g/mol. The first-order chi connectivity index (χ1) is 8.86. The maximum atomic E-state index is 5.17. The topological polar surface area (TPSA) is 25.0 Å². The van der Waals surface area contributed by atoms with Crippen LogP contribution in [-0.2, 0) is 18.6 Å². The van der Waals surface area contributed by atoms with Crippen LogP contribution in [0.4, 0.5) is 0 Å². The number of thioether (sulfide) groups is 1. The molecule has 1 aliphatic rings. The Balaban J connectivity index is 1.66. The molecule has 0 aliphatic heterocycles. The molecule has 0 saturated heterocycles. The third-order valence-electron chi connectivity index (χ3n) is 3.45. The van der Waals surface area contributed by atoms with Crippen LogP contribution in [0.5, 0.6) is 5.75 Å². The number of nitrogens with one attached hydrogen (secondary N) is 1. The van der Waals surface area contributed by atoms with Gasteiger partial charge in [-0.3, -0.25) is 0 Å². The van der Waals surface area contributed by atoms with Crippen molar-refractivity contribution >= 4 is 11.8 Å². The van der Waals surface area contributed by atoms with Gasteiger partial charge in [-0.2, -0.15) is 0 Å². The molecule has 0 unspecified atom stereocenters. The SMILES string of the molecule is COc1ccc(CSc2[nH]cc3c2CCC3)cc1. The molecule has 0 fully saturated rings. The van der Waals surface area contributed by atoms with Crippen molar-refractivity contribution in [2.45, 2.75) is 30.0 Å². The van der Waals surface area contributed by atoms with Gasteiger partial charge in [-0.05, 0) is 48.1 Å². The Hall–Kier alpha value is -1.35. The normalized spacial score (nSPS) is 13.6. The molecule has 1 aliphatic carbocycles. The second-order valence-electron chi connectivity index (χ2n) is 4.61. The van der Waals surface area contributed by atoms with E-state index in [1.165, 1.54) is 35.4 Å². The molecular weight excluding hydrogens is 242 g/mol. The third-order valence-corrected chi connectivity index (χ3v) is 4.58. The van der Waals surface area contributed by atoms with Crippen molar-refractivity contribution in [3.8, 4) is 5.75 Å². The summed E-state index contributed by atoms with van der Waals surface area (Å²) in [6, 6.07) is 8.31. The van der Waals surface area contributed by atoms with Crippen LogP contribution in [0.3, 0.4) is 0 Å². The highest BCUT2D eigenvalue weighted by atomic mass is 32.2. The third kappa shape index (κ3) is 2.27. The maximum absolute atomic E-state index is 5.17. The molecule has 2 nitrogen and oxygen atoms in total.